The Labute approximate surface area is 296 Å². The third-order valence-corrected chi connectivity index (χ3v) is 9.82. The average molecular weight is 704 g/mol. The molecule has 0 radical (unpaired) electrons. The smallest absolute Gasteiger partial charge is 0.416 e. The third-order valence-electron chi connectivity index (χ3n) is 9.82. The third kappa shape index (κ3) is 8.44. The molecule has 2 aliphatic carbocycles. The molecule has 3 aliphatic rings. The number of carbonyl (C=O) groups excluding carboxylic acids is 2. The van der Waals surface area contributed by atoms with Crippen molar-refractivity contribution in [2.75, 3.05) is 44.3 Å². The molecule has 2 amide bonds. The van der Waals surface area contributed by atoms with E-state index >= 15 is 0 Å². The van der Waals surface area contributed by atoms with Crippen LogP contribution in [0.25, 0.3) is 11.1 Å². The largest absolute Gasteiger partial charge is 0.476 e. The van der Waals surface area contributed by atoms with E-state index in [-0.39, 0.29) is 17.7 Å². The maximum absolute atomic E-state index is 13.7. The van der Waals surface area contributed by atoms with E-state index in [0.29, 0.717) is 66.2 Å². The van der Waals surface area contributed by atoms with Crippen LogP contribution in [0.4, 0.5) is 18.9 Å². The average Bonchev–Trinajstić information content (AvgIpc) is 3.10. The van der Waals surface area contributed by atoms with Gasteiger partial charge in [-0.15, -0.1) is 0 Å². The second-order valence-corrected chi connectivity index (χ2v) is 13.1. The Balaban J connectivity index is 1.09. The van der Waals surface area contributed by atoms with Gasteiger partial charge in [-0.1, -0.05) is 48.4 Å². The van der Waals surface area contributed by atoms with E-state index in [9.17, 15) is 22.8 Å². The normalized spacial score (nSPS) is 17.8. The fourth-order valence-electron chi connectivity index (χ4n) is 6.94. The van der Waals surface area contributed by atoms with Crippen LogP contribution in [0.15, 0.2) is 78.3 Å². The van der Waals surface area contributed by atoms with E-state index in [4.69, 9.17) is 9.47 Å². The number of carbonyl (C=O) groups is 2. The highest BCUT2D eigenvalue weighted by Crippen LogP contribution is 2.39. The zero-order chi connectivity index (χ0) is 36.0. The molecule has 9 nitrogen and oxygen atoms in total. The molecule has 270 valence electrons. The van der Waals surface area contributed by atoms with Gasteiger partial charge in [0.05, 0.1) is 18.8 Å². The Morgan fingerprint density at radius 1 is 0.961 bits per heavy atom. The number of hydrogen-bond acceptors (Lipinski definition) is 7. The van der Waals surface area contributed by atoms with E-state index in [1.165, 1.54) is 24.0 Å². The molecule has 12 heteroatoms. The SMILES string of the molecule is CCOc1ncnc(OCC)c1N(CCCN1CCC2CC(NC(=O)c3ccccc3-c3ccc(C(F)(F)F)cc3)=CC=C2C1)C(=O)C1CCC1. The molecule has 1 atom stereocenters. The summed E-state index contributed by atoms with van der Waals surface area (Å²) in [6.45, 7) is 7.55. The Morgan fingerprint density at radius 3 is 2.31 bits per heavy atom. The molecule has 1 N–H and O–H groups in total. The van der Waals surface area contributed by atoms with Crippen molar-refractivity contribution in [3.8, 4) is 22.9 Å². The van der Waals surface area contributed by atoms with Crippen molar-refractivity contribution in [3.05, 3.63) is 89.4 Å². The van der Waals surface area contributed by atoms with Gasteiger partial charge in [-0.25, -0.2) is 0 Å². The van der Waals surface area contributed by atoms with Crippen LogP contribution >= 0.6 is 0 Å². The summed E-state index contributed by atoms with van der Waals surface area (Å²) >= 11 is 0. The van der Waals surface area contributed by atoms with Gasteiger partial charge in [-0.05, 0) is 93.8 Å². The number of nitrogens with one attached hydrogen (secondary N) is 1. The van der Waals surface area contributed by atoms with Crippen LogP contribution in [0.2, 0.25) is 0 Å². The van der Waals surface area contributed by atoms with Crippen LogP contribution in [-0.4, -0.2) is 66.1 Å². The first-order valence-corrected chi connectivity index (χ1v) is 17.8. The summed E-state index contributed by atoms with van der Waals surface area (Å²) in [5.41, 5.74) is 3.41. The Hall–Kier alpha value is -4.71. The zero-order valence-corrected chi connectivity index (χ0v) is 29.0. The fraction of sp³-hybridized carbons (Fsp3) is 0.436. The Kier molecular flexibility index (Phi) is 11.4. The number of ether oxygens (including phenoxy) is 2. The number of likely N-dealkylation sites (tertiary alicyclic amines) is 1. The summed E-state index contributed by atoms with van der Waals surface area (Å²) in [5.74, 6) is 0.762. The Morgan fingerprint density at radius 2 is 1.67 bits per heavy atom. The van der Waals surface area contributed by atoms with Gasteiger partial charge in [0, 0.05) is 36.8 Å². The van der Waals surface area contributed by atoms with Crippen molar-refractivity contribution < 1.29 is 32.2 Å². The van der Waals surface area contributed by atoms with Crippen molar-refractivity contribution in [2.24, 2.45) is 11.8 Å². The lowest BCUT2D eigenvalue weighted by molar-refractivity contribution is -0.137. The molecule has 3 aromatic rings. The number of piperidine rings is 1. The number of nitrogens with zero attached hydrogens (tertiary/aromatic N) is 4. The molecule has 51 heavy (non-hydrogen) atoms. The van der Waals surface area contributed by atoms with Gasteiger partial charge in [0.25, 0.3) is 5.91 Å². The topological polar surface area (TPSA) is 96.9 Å². The number of aromatic nitrogens is 2. The monoisotopic (exact) mass is 703 g/mol. The van der Waals surface area contributed by atoms with Crippen molar-refractivity contribution >= 4 is 17.5 Å². The lowest BCUT2D eigenvalue weighted by atomic mass is 9.83. The van der Waals surface area contributed by atoms with Gasteiger partial charge in [-0.3, -0.25) is 14.5 Å². The van der Waals surface area contributed by atoms with E-state index < -0.39 is 11.7 Å². The molecule has 1 aliphatic heterocycles. The van der Waals surface area contributed by atoms with Crippen LogP contribution in [0.1, 0.15) is 68.3 Å². The number of fused-ring (bicyclic) bond motifs is 1. The first-order chi connectivity index (χ1) is 24.7. The van der Waals surface area contributed by atoms with E-state index in [1.54, 1.807) is 29.2 Å². The van der Waals surface area contributed by atoms with Crippen molar-refractivity contribution in [2.45, 2.75) is 58.5 Å². The molecule has 2 heterocycles. The predicted molar refractivity (Wildman–Crippen MR) is 188 cm³/mol. The molecular weight excluding hydrogens is 659 g/mol. The van der Waals surface area contributed by atoms with Crippen LogP contribution in [0.5, 0.6) is 11.8 Å². The molecule has 1 aromatic heterocycles. The number of benzene rings is 2. The lowest BCUT2D eigenvalue weighted by Gasteiger charge is -2.37. The molecule has 0 spiro atoms. The molecule has 6 rings (SSSR count). The fourth-order valence-corrected chi connectivity index (χ4v) is 6.94. The summed E-state index contributed by atoms with van der Waals surface area (Å²) in [4.78, 5) is 40.0. The van der Waals surface area contributed by atoms with E-state index in [1.807, 2.05) is 19.9 Å². The first-order valence-electron chi connectivity index (χ1n) is 17.8. The summed E-state index contributed by atoms with van der Waals surface area (Å²) < 4.78 is 51.0. The van der Waals surface area contributed by atoms with Crippen molar-refractivity contribution in [1.29, 1.82) is 0 Å². The minimum atomic E-state index is -4.43. The highest BCUT2D eigenvalue weighted by molar-refractivity contribution is 6.01. The van der Waals surface area contributed by atoms with Gasteiger partial charge in [-0.2, -0.15) is 23.1 Å². The lowest BCUT2D eigenvalue weighted by Crippen LogP contribution is -2.42. The summed E-state index contributed by atoms with van der Waals surface area (Å²) in [5, 5.41) is 3.06. The number of hydrogen-bond donors (Lipinski definition) is 1. The quantitative estimate of drug-likeness (QED) is 0.198. The van der Waals surface area contributed by atoms with Crippen LogP contribution in [0.3, 0.4) is 0 Å². The maximum Gasteiger partial charge on any atom is 0.416 e. The molecule has 0 bridgehead atoms. The van der Waals surface area contributed by atoms with E-state index in [2.05, 4.69) is 26.3 Å². The van der Waals surface area contributed by atoms with Gasteiger partial charge in [0.1, 0.15) is 6.33 Å². The molecule has 1 saturated carbocycles. The standard InChI is InChI=1S/C39H44F3N5O4/c1-3-50-36-34(37(51-4-2)44-25-43-36)47(38(49)27-9-7-10-27)21-8-20-46-22-19-28-23-31(18-15-29(28)24-46)45-35(48)33-12-6-5-11-32(33)26-13-16-30(17-14-26)39(40,41)42/h5-6,11-18,25,27-28H,3-4,7-10,19-24H2,1-2H3,(H,45,48). The number of rotatable bonds is 13. The number of allylic oxidation sites excluding steroid dienone is 3. The summed E-state index contributed by atoms with van der Waals surface area (Å²) in [7, 11) is 0. The second kappa shape index (κ2) is 16.1. The highest BCUT2D eigenvalue weighted by atomic mass is 19.4. The van der Waals surface area contributed by atoms with Crippen molar-refractivity contribution in [3.63, 3.8) is 0 Å². The molecule has 1 saturated heterocycles. The molecule has 2 aromatic carbocycles. The first kappa shape index (κ1) is 36.1. The van der Waals surface area contributed by atoms with Crippen LogP contribution < -0.4 is 19.7 Å². The number of halogens is 3. The maximum atomic E-state index is 13.7. The summed E-state index contributed by atoms with van der Waals surface area (Å²) in [6, 6.07) is 11.8. The number of alkyl halides is 3. The molecule has 2 fully saturated rings. The van der Waals surface area contributed by atoms with Gasteiger partial charge in [0.2, 0.25) is 17.7 Å². The van der Waals surface area contributed by atoms with Gasteiger partial charge in [0.15, 0.2) is 5.69 Å². The summed E-state index contributed by atoms with van der Waals surface area (Å²) in [6.07, 6.45) is 6.20. The van der Waals surface area contributed by atoms with Crippen molar-refractivity contribution in [1.82, 2.24) is 20.2 Å². The minimum absolute atomic E-state index is 0.0166. The van der Waals surface area contributed by atoms with Crippen LogP contribution in [-0.2, 0) is 11.0 Å². The minimum Gasteiger partial charge on any atom is -0.476 e. The highest BCUT2D eigenvalue weighted by Gasteiger charge is 2.35. The van der Waals surface area contributed by atoms with Gasteiger partial charge < -0.3 is 19.7 Å². The second-order valence-electron chi connectivity index (χ2n) is 13.1. The van der Waals surface area contributed by atoms with Gasteiger partial charge >= 0.3 is 6.18 Å². The number of anilines is 1. The predicted octanol–water partition coefficient (Wildman–Crippen LogP) is 7.45. The van der Waals surface area contributed by atoms with Crippen LogP contribution in [0, 0.1) is 11.8 Å². The molecular formula is C39H44F3N5O4. The zero-order valence-electron chi connectivity index (χ0n) is 29.0. The molecule has 1 unspecified atom stereocenters. The number of amides is 2. The Bertz CT molecular complexity index is 1750. The van der Waals surface area contributed by atoms with E-state index in [0.717, 1.165) is 69.6 Å².